The lowest BCUT2D eigenvalue weighted by molar-refractivity contribution is 0.0474. The van der Waals surface area contributed by atoms with Gasteiger partial charge in [-0.25, -0.2) is 4.79 Å². The Balaban J connectivity index is 1.62. The summed E-state index contributed by atoms with van der Waals surface area (Å²) in [6.45, 7) is 2.88. The van der Waals surface area contributed by atoms with E-state index < -0.39 is 5.97 Å². The zero-order chi connectivity index (χ0) is 17.6. The quantitative estimate of drug-likeness (QED) is 0.616. The number of carbonyl (C=O) groups excluding carboxylic acids is 2. The molecule has 0 spiro atoms. The molecule has 0 radical (unpaired) electrons. The fraction of sp³-hybridized carbons (Fsp3) is 0.300. The average Bonchev–Trinajstić information content (AvgIpc) is 2.90. The lowest BCUT2D eigenvalue weighted by Gasteiger charge is -2.09. The number of fused-ring (bicyclic) bond motifs is 1. The number of aryl methyl sites for hydroxylation is 1. The molecule has 3 rings (SSSR count). The van der Waals surface area contributed by atoms with Crippen LogP contribution in [-0.2, 0) is 11.2 Å². The normalized spacial score (nSPS) is 13.0. The Labute approximate surface area is 146 Å². The van der Waals surface area contributed by atoms with E-state index in [1.807, 2.05) is 19.1 Å². The van der Waals surface area contributed by atoms with E-state index in [1.54, 1.807) is 30.3 Å². The van der Waals surface area contributed by atoms with Crippen molar-refractivity contribution in [3.05, 3.63) is 59.2 Å². The van der Waals surface area contributed by atoms with Crippen LogP contribution in [0.3, 0.4) is 0 Å². The summed E-state index contributed by atoms with van der Waals surface area (Å²) in [4.78, 5) is 24.3. The third-order valence-electron chi connectivity index (χ3n) is 4.00. The molecule has 1 heterocycles. The van der Waals surface area contributed by atoms with Crippen molar-refractivity contribution in [1.82, 2.24) is 0 Å². The Morgan fingerprint density at radius 2 is 1.64 bits per heavy atom. The van der Waals surface area contributed by atoms with Crippen LogP contribution >= 0.6 is 0 Å². The van der Waals surface area contributed by atoms with Crippen LogP contribution in [0, 0.1) is 0 Å². The van der Waals surface area contributed by atoms with Gasteiger partial charge in [-0.3, -0.25) is 4.79 Å². The first-order valence-electron chi connectivity index (χ1n) is 8.36. The minimum Gasteiger partial charge on any atom is -0.490 e. The van der Waals surface area contributed by atoms with E-state index >= 15 is 0 Å². The number of ketones is 1. The Morgan fingerprint density at radius 3 is 2.36 bits per heavy atom. The summed E-state index contributed by atoms with van der Waals surface area (Å²) in [5.74, 6) is 0.342. The van der Waals surface area contributed by atoms with Gasteiger partial charge in [0.1, 0.15) is 0 Å². The third-order valence-corrected chi connectivity index (χ3v) is 4.00. The second kappa shape index (κ2) is 7.83. The van der Waals surface area contributed by atoms with Gasteiger partial charge in [0.2, 0.25) is 0 Å². The number of benzene rings is 2. The number of carbonyl (C=O) groups is 2. The summed E-state index contributed by atoms with van der Waals surface area (Å²) in [5.41, 5.74) is 2.02. The molecule has 0 amide bonds. The van der Waals surface area contributed by atoms with E-state index in [1.165, 1.54) is 0 Å². The van der Waals surface area contributed by atoms with E-state index in [9.17, 15) is 9.59 Å². The Hall–Kier alpha value is -2.82. The molecular weight excluding hydrogens is 320 g/mol. The average molecular weight is 340 g/mol. The van der Waals surface area contributed by atoms with E-state index in [0.717, 1.165) is 18.4 Å². The number of hydrogen-bond donors (Lipinski definition) is 0. The van der Waals surface area contributed by atoms with Gasteiger partial charge in [0, 0.05) is 12.0 Å². The number of hydrogen-bond acceptors (Lipinski definition) is 5. The predicted molar refractivity (Wildman–Crippen MR) is 92.5 cm³/mol. The summed E-state index contributed by atoms with van der Waals surface area (Å²) in [7, 11) is 0. The Morgan fingerprint density at radius 1 is 0.960 bits per heavy atom. The summed E-state index contributed by atoms with van der Waals surface area (Å²) < 4.78 is 16.2. The molecular formula is C20H20O5. The maximum absolute atomic E-state index is 12.2. The maximum atomic E-state index is 12.2. The highest BCUT2D eigenvalue weighted by Gasteiger charge is 2.16. The predicted octanol–water partition coefficient (Wildman–Crippen LogP) is 3.45. The zero-order valence-corrected chi connectivity index (χ0v) is 14.1. The van der Waals surface area contributed by atoms with E-state index in [4.69, 9.17) is 14.2 Å². The van der Waals surface area contributed by atoms with Crippen LogP contribution in [-0.4, -0.2) is 31.6 Å². The Kier molecular flexibility index (Phi) is 5.33. The molecule has 5 nitrogen and oxygen atoms in total. The van der Waals surface area contributed by atoms with Gasteiger partial charge in [-0.1, -0.05) is 31.2 Å². The van der Waals surface area contributed by atoms with Crippen LogP contribution in [0.1, 0.15) is 39.6 Å². The molecule has 0 bridgehead atoms. The fourth-order valence-corrected chi connectivity index (χ4v) is 2.51. The molecule has 0 saturated heterocycles. The molecule has 1 aliphatic heterocycles. The van der Waals surface area contributed by atoms with Crippen molar-refractivity contribution in [3.8, 4) is 11.5 Å². The third kappa shape index (κ3) is 4.18. The van der Waals surface area contributed by atoms with Gasteiger partial charge in [0.15, 0.2) is 23.9 Å². The van der Waals surface area contributed by atoms with Crippen LogP contribution in [0.15, 0.2) is 42.5 Å². The van der Waals surface area contributed by atoms with Crippen molar-refractivity contribution in [2.24, 2.45) is 0 Å². The van der Waals surface area contributed by atoms with Gasteiger partial charge in [-0.05, 0) is 30.2 Å². The second-order valence-corrected chi connectivity index (χ2v) is 5.76. The molecule has 0 saturated carbocycles. The van der Waals surface area contributed by atoms with Crippen molar-refractivity contribution in [2.75, 3.05) is 19.8 Å². The first-order valence-corrected chi connectivity index (χ1v) is 8.36. The summed E-state index contributed by atoms with van der Waals surface area (Å²) >= 11 is 0. The molecule has 0 aliphatic carbocycles. The van der Waals surface area contributed by atoms with Crippen LogP contribution in [0.2, 0.25) is 0 Å². The molecule has 2 aromatic rings. The molecule has 0 atom stereocenters. The molecule has 0 aromatic heterocycles. The van der Waals surface area contributed by atoms with Gasteiger partial charge in [-0.15, -0.1) is 0 Å². The maximum Gasteiger partial charge on any atom is 0.338 e. The molecule has 130 valence electrons. The standard InChI is InChI=1S/C20H20O5/c1-2-14-4-6-15(7-5-14)17(21)13-25-20(22)16-8-9-18-19(12-16)24-11-3-10-23-18/h4-9,12H,2-3,10-11,13H2,1H3. The van der Waals surface area contributed by atoms with Crippen LogP contribution in [0.5, 0.6) is 11.5 Å². The summed E-state index contributed by atoms with van der Waals surface area (Å²) in [6.07, 6.45) is 1.70. The first-order chi connectivity index (χ1) is 12.2. The van der Waals surface area contributed by atoms with Gasteiger partial charge >= 0.3 is 5.97 Å². The molecule has 5 heteroatoms. The molecule has 2 aromatic carbocycles. The molecule has 1 aliphatic rings. The Bertz CT molecular complexity index is 764. The van der Waals surface area contributed by atoms with E-state index in [0.29, 0.717) is 35.8 Å². The number of Topliss-reactive ketones (excluding diaryl/α,β-unsaturated/α-hetero) is 1. The number of ether oxygens (including phenoxy) is 3. The van der Waals surface area contributed by atoms with E-state index in [2.05, 4.69) is 0 Å². The molecule has 25 heavy (non-hydrogen) atoms. The van der Waals surface area contributed by atoms with Gasteiger partial charge in [0.05, 0.1) is 18.8 Å². The van der Waals surface area contributed by atoms with Crippen LogP contribution < -0.4 is 9.47 Å². The minimum absolute atomic E-state index is 0.231. The van der Waals surface area contributed by atoms with Crippen molar-refractivity contribution >= 4 is 11.8 Å². The lowest BCUT2D eigenvalue weighted by atomic mass is 10.1. The largest absolute Gasteiger partial charge is 0.490 e. The first kappa shape index (κ1) is 17.0. The van der Waals surface area contributed by atoms with Gasteiger partial charge in [-0.2, -0.15) is 0 Å². The van der Waals surface area contributed by atoms with Crippen molar-refractivity contribution in [1.29, 1.82) is 0 Å². The SMILES string of the molecule is CCc1ccc(C(=O)COC(=O)c2ccc3c(c2)OCCCO3)cc1. The van der Waals surface area contributed by atoms with Gasteiger partial charge < -0.3 is 14.2 Å². The topological polar surface area (TPSA) is 61.8 Å². The molecule has 0 fully saturated rings. The fourth-order valence-electron chi connectivity index (χ4n) is 2.51. The van der Waals surface area contributed by atoms with E-state index in [-0.39, 0.29) is 12.4 Å². The van der Waals surface area contributed by atoms with Crippen molar-refractivity contribution in [2.45, 2.75) is 19.8 Å². The highest BCUT2D eigenvalue weighted by Crippen LogP contribution is 2.30. The zero-order valence-electron chi connectivity index (χ0n) is 14.1. The van der Waals surface area contributed by atoms with Crippen molar-refractivity contribution < 1.29 is 23.8 Å². The smallest absolute Gasteiger partial charge is 0.338 e. The highest BCUT2D eigenvalue weighted by atomic mass is 16.5. The number of rotatable bonds is 5. The van der Waals surface area contributed by atoms with Crippen LogP contribution in [0.25, 0.3) is 0 Å². The monoisotopic (exact) mass is 340 g/mol. The summed E-state index contributed by atoms with van der Waals surface area (Å²) in [5, 5.41) is 0. The minimum atomic E-state index is -0.561. The highest BCUT2D eigenvalue weighted by molar-refractivity contribution is 5.99. The second-order valence-electron chi connectivity index (χ2n) is 5.76. The van der Waals surface area contributed by atoms with Gasteiger partial charge in [0.25, 0.3) is 0 Å². The number of esters is 1. The van der Waals surface area contributed by atoms with Crippen molar-refractivity contribution in [3.63, 3.8) is 0 Å². The lowest BCUT2D eigenvalue weighted by Crippen LogP contribution is -2.14. The molecule has 0 unspecified atom stereocenters. The summed E-state index contributed by atoms with van der Waals surface area (Å²) in [6, 6.07) is 12.2. The van der Waals surface area contributed by atoms with Crippen LogP contribution in [0.4, 0.5) is 0 Å². The molecule has 0 N–H and O–H groups in total.